The van der Waals surface area contributed by atoms with E-state index in [0.717, 1.165) is 11.1 Å². The first-order valence-electron chi connectivity index (χ1n) is 11.6. The molecule has 0 unspecified atom stereocenters. The van der Waals surface area contributed by atoms with Crippen molar-refractivity contribution in [2.75, 3.05) is 19.5 Å². The second-order valence-electron chi connectivity index (χ2n) is 8.71. The van der Waals surface area contributed by atoms with Gasteiger partial charge in [0.15, 0.2) is 11.2 Å². The van der Waals surface area contributed by atoms with Crippen LogP contribution in [0.25, 0.3) is 11.2 Å². The molecule has 1 saturated carbocycles. The summed E-state index contributed by atoms with van der Waals surface area (Å²) in [4.78, 5) is 12.9. The largest absolute Gasteiger partial charge is 0.479 e. The molecule has 2 aromatic carbocycles. The van der Waals surface area contributed by atoms with Gasteiger partial charge in [0.25, 0.3) is 0 Å². The lowest BCUT2D eigenvalue weighted by atomic mass is 10.0. The molecule has 1 aliphatic rings. The Bertz CT molecular complexity index is 1250. The summed E-state index contributed by atoms with van der Waals surface area (Å²) < 4.78 is 19.5. The number of fused-ring (bicyclic) bond motifs is 1. The van der Waals surface area contributed by atoms with E-state index in [1.807, 2.05) is 65.2 Å². The molecule has 5 rings (SSSR count). The molecule has 0 spiro atoms. The monoisotopic (exact) mass is 478 g/mol. The summed E-state index contributed by atoms with van der Waals surface area (Å²) in [5, 5.41) is 11.4. The number of methoxy groups -OCH3 is 1. The maximum absolute atomic E-state index is 11.4. The summed E-state index contributed by atoms with van der Waals surface area (Å²) in [6.07, 6.45) is 1.28. The second-order valence-corrected chi connectivity index (χ2v) is 8.71. The van der Waals surface area contributed by atoms with Gasteiger partial charge in [-0.15, -0.1) is 0 Å². The average molecular weight is 479 g/mol. The fraction of sp³-hybridized carbons (Fsp3) is 0.346. The normalized spacial score (nSPS) is 22.0. The number of aliphatic hydroxyl groups is 1. The van der Waals surface area contributed by atoms with Crippen molar-refractivity contribution in [1.82, 2.24) is 19.5 Å². The minimum Gasteiger partial charge on any atom is -0.479 e. The highest BCUT2D eigenvalue weighted by molar-refractivity contribution is 5.77. The van der Waals surface area contributed by atoms with E-state index in [0.29, 0.717) is 43.3 Å². The molecule has 0 saturated heterocycles. The smallest absolute Gasteiger partial charge is 0.246 e. The zero-order valence-electron chi connectivity index (χ0n) is 19.5. The van der Waals surface area contributed by atoms with Gasteiger partial charge in [0.2, 0.25) is 11.8 Å². The number of hydrogen-bond donors (Lipinski definition) is 2. The number of rotatable bonds is 9. The summed E-state index contributed by atoms with van der Waals surface area (Å²) in [6, 6.07) is 19.7. The molecule has 0 amide bonds. The van der Waals surface area contributed by atoms with E-state index in [-0.39, 0.29) is 24.0 Å². The van der Waals surface area contributed by atoms with Gasteiger partial charge in [-0.2, -0.15) is 9.97 Å². The van der Waals surface area contributed by atoms with Gasteiger partial charge in [0.05, 0.1) is 51.5 Å². The number of imidazole rings is 1. The highest BCUT2D eigenvalue weighted by Crippen LogP contribution is 2.40. The predicted molar refractivity (Wildman–Crippen MR) is 131 cm³/mol. The Labute approximate surface area is 203 Å². The first-order valence-corrected chi connectivity index (χ1v) is 11.6. The van der Waals surface area contributed by atoms with Crippen molar-refractivity contribution in [3.05, 3.63) is 78.1 Å². The van der Waals surface area contributed by atoms with Crippen molar-refractivity contribution in [2.45, 2.75) is 37.9 Å². The molecule has 1 aliphatic carbocycles. The van der Waals surface area contributed by atoms with Crippen LogP contribution in [-0.4, -0.2) is 50.6 Å². The van der Waals surface area contributed by atoms with E-state index in [1.165, 1.54) is 7.11 Å². The molecule has 0 bridgehead atoms. The van der Waals surface area contributed by atoms with Crippen LogP contribution in [0.5, 0.6) is 5.88 Å². The van der Waals surface area contributed by atoms with Crippen molar-refractivity contribution in [3.8, 4) is 5.88 Å². The number of anilines is 1. The highest BCUT2D eigenvalue weighted by atomic mass is 16.5. The van der Waals surface area contributed by atoms with Gasteiger partial charge in [-0.3, -0.25) is 0 Å². The van der Waals surface area contributed by atoms with Crippen LogP contribution in [0.4, 0.5) is 5.95 Å². The molecular formula is C26H29N5O4. The number of nitrogens with two attached hydrogens (primary N) is 1. The molecule has 2 heterocycles. The Kier molecular flexibility index (Phi) is 6.89. The Morgan fingerprint density at radius 3 is 2.37 bits per heavy atom. The first-order chi connectivity index (χ1) is 17.1. The zero-order chi connectivity index (χ0) is 24.2. The van der Waals surface area contributed by atoms with Crippen LogP contribution < -0.4 is 10.5 Å². The lowest BCUT2D eigenvalue weighted by molar-refractivity contribution is -0.0475. The summed E-state index contributed by atoms with van der Waals surface area (Å²) >= 11 is 0. The highest BCUT2D eigenvalue weighted by Gasteiger charge is 2.45. The Morgan fingerprint density at radius 2 is 1.69 bits per heavy atom. The van der Waals surface area contributed by atoms with E-state index in [9.17, 15) is 5.11 Å². The Morgan fingerprint density at radius 1 is 1.00 bits per heavy atom. The number of aliphatic hydroxyl groups excluding tert-OH is 1. The average Bonchev–Trinajstić information content (AvgIpc) is 3.44. The topological polar surface area (TPSA) is 118 Å². The summed E-state index contributed by atoms with van der Waals surface area (Å²) in [5.74, 6) is 0.160. The molecular weight excluding hydrogens is 449 g/mol. The van der Waals surface area contributed by atoms with E-state index in [1.54, 1.807) is 6.33 Å². The van der Waals surface area contributed by atoms with Crippen LogP contribution in [0, 0.1) is 5.92 Å². The molecule has 182 valence electrons. The third-order valence-electron chi connectivity index (χ3n) is 6.47. The van der Waals surface area contributed by atoms with E-state index in [4.69, 9.17) is 19.9 Å². The molecule has 9 nitrogen and oxygen atoms in total. The lowest BCUT2D eigenvalue weighted by Crippen LogP contribution is -2.31. The molecule has 2 aromatic heterocycles. The second kappa shape index (κ2) is 10.4. The molecule has 0 radical (unpaired) electrons. The van der Waals surface area contributed by atoms with Crippen molar-refractivity contribution >= 4 is 17.1 Å². The van der Waals surface area contributed by atoms with Gasteiger partial charge in [0.1, 0.15) is 0 Å². The first kappa shape index (κ1) is 23.2. The maximum atomic E-state index is 11.4. The van der Waals surface area contributed by atoms with Gasteiger partial charge in [-0.1, -0.05) is 60.7 Å². The number of ether oxygens (including phenoxy) is 3. The zero-order valence-corrected chi connectivity index (χ0v) is 19.5. The Hall–Kier alpha value is -3.53. The molecule has 3 N–H and O–H groups in total. The molecule has 1 fully saturated rings. The van der Waals surface area contributed by atoms with Crippen LogP contribution >= 0.6 is 0 Å². The number of benzene rings is 2. The standard InChI is InChI=1S/C26H29N5O4/c1-33-25-22-24(29-26(27)30-25)31(16-28-22)20-12-21(35-14-18-10-6-3-7-11-18)19(23(20)32)15-34-13-17-8-4-2-5-9-17/h2-11,16,19-21,23,32H,12-15H2,1H3,(H2,27,29,30)/t19-,20+,21+,23+/m1/s1/i24+1,25+1,28+1. The number of nitrogen functional groups attached to an aromatic ring is 1. The van der Waals surface area contributed by atoms with Gasteiger partial charge in [0, 0.05) is 5.92 Å². The molecule has 4 aromatic rings. The van der Waals surface area contributed by atoms with E-state index in [2.05, 4.69) is 15.0 Å². The van der Waals surface area contributed by atoms with Crippen LogP contribution in [0.2, 0.25) is 0 Å². The number of aromatic nitrogens is 4. The van der Waals surface area contributed by atoms with Crippen molar-refractivity contribution in [3.63, 3.8) is 0 Å². The fourth-order valence-corrected chi connectivity index (χ4v) is 4.69. The molecule has 4 atom stereocenters. The molecule has 0 aliphatic heterocycles. The minimum absolute atomic E-state index is 0.0863. The summed E-state index contributed by atoms with van der Waals surface area (Å²) in [5.41, 5.74) is 9.08. The SMILES string of the molecule is CO[13c]1nc(N)n[13c]2c1[15n]cn2[C@H]1C[C@H](OCc2ccccc2)[C@@H](COCc2ccccc2)[C@@H]1O. The van der Waals surface area contributed by atoms with Crippen molar-refractivity contribution < 1.29 is 19.3 Å². The summed E-state index contributed by atoms with van der Waals surface area (Å²) in [7, 11) is 1.51. The van der Waals surface area contributed by atoms with Gasteiger partial charge < -0.3 is 29.6 Å². The summed E-state index contributed by atoms with van der Waals surface area (Å²) in [6.45, 7) is 1.28. The minimum atomic E-state index is -0.730. The van der Waals surface area contributed by atoms with Gasteiger partial charge in [-0.05, 0) is 17.5 Å². The molecule has 9 heteroatoms. The lowest BCUT2D eigenvalue weighted by Gasteiger charge is -2.23. The quantitative estimate of drug-likeness (QED) is 0.377. The van der Waals surface area contributed by atoms with Crippen LogP contribution in [-0.2, 0) is 22.7 Å². The predicted octanol–water partition coefficient (Wildman–Crippen LogP) is 3.14. The van der Waals surface area contributed by atoms with Gasteiger partial charge >= 0.3 is 0 Å². The molecule has 35 heavy (non-hydrogen) atoms. The van der Waals surface area contributed by atoms with E-state index >= 15 is 0 Å². The third kappa shape index (κ3) is 4.97. The van der Waals surface area contributed by atoms with Crippen LogP contribution in [0.3, 0.4) is 0 Å². The van der Waals surface area contributed by atoms with E-state index < -0.39 is 6.10 Å². The fourth-order valence-electron chi connectivity index (χ4n) is 4.69. The van der Waals surface area contributed by atoms with Crippen molar-refractivity contribution in [2.24, 2.45) is 5.92 Å². The Balaban J connectivity index is 1.38. The van der Waals surface area contributed by atoms with Crippen LogP contribution in [0.15, 0.2) is 67.0 Å². The number of hydrogen-bond acceptors (Lipinski definition) is 8. The maximum Gasteiger partial charge on any atom is 0.246 e. The van der Waals surface area contributed by atoms with Crippen LogP contribution in [0.1, 0.15) is 23.6 Å². The van der Waals surface area contributed by atoms with Crippen molar-refractivity contribution in [1.29, 1.82) is 0 Å². The van der Waals surface area contributed by atoms with Gasteiger partial charge in [-0.25, -0.2) is 4.98 Å². The number of nitrogens with zero attached hydrogens (tertiary/aromatic N) is 4. The third-order valence-corrected chi connectivity index (χ3v) is 6.47.